The second-order valence-electron chi connectivity index (χ2n) is 8.02. The molecule has 0 aromatic heterocycles. The third-order valence-electron chi connectivity index (χ3n) is 6.19. The minimum absolute atomic E-state index is 0.112. The van der Waals surface area contributed by atoms with E-state index in [1.165, 1.54) is 56.7 Å². The lowest BCUT2D eigenvalue weighted by molar-refractivity contribution is -0.384. The average Bonchev–Trinajstić information content (AvgIpc) is 2.51. The van der Waals surface area contributed by atoms with Crippen LogP contribution in [-0.4, -0.2) is 17.4 Å². The van der Waals surface area contributed by atoms with E-state index in [4.69, 9.17) is 11.6 Å². The fourth-order valence-electron chi connectivity index (χ4n) is 5.67. The first-order chi connectivity index (χ1) is 11.4. The van der Waals surface area contributed by atoms with Crippen molar-refractivity contribution in [2.45, 2.75) is 38.5 Å². The van der Waals surface area contributed by atoms with Gasteiger partial charge in [0.2, 0.25) is 0 Å². The highest BCUT2D eigenvalue weighted by molar-refractivity contribution is 6.33. The van der Waals surface area contributed by atoms with Crippen molar-refractivity contribution in [2.75, 3.05) is 6.54 Å². The lowest BCUT2D eigenvalue weighted by atomic mass is 9.49. The van der Waals surface area contributed by atoms with Crippen molar-refractivity contribution in [3.63, 3.8) is 0 Å². The normalized spacial score (nSPS) is 33.5. The minimum Gasteiger partial charge on any atom is -0.351 e. The van der Waals surface area contributed by atoms with Gasteiger partial charge >= 0.3 is 0 Å². The van der Waals surface area contributed by atoms with Crippen molar-refractivity contribution in [3.05, 3.63) is 38.9 Å². The van der Waals surface area contributed by atoms with Gasteiger partial charge in [0, 0.05) is 18.7 Å². The van der Waals surface area contributed by atoms with Gasteiger partial charge in [0.1, 0.15) is 0 Å². The molecule has 4 saturated carbocycles. The van der Waals surface area contributed by atoms with Gasteiger partial charge in [-0.05, 0) is 67.8 Å². The van der Waals surface area contributed by atoms with Gasteiger partial charge in [0.15, 0.2) is 0 Å². The summed E-state index contributed by atoms with van der Waals surface area (Å²) in [5.74, 6) is 2.18. The molecule has 4 aliphatic rings. The number of carbonyl (C=O) groups is 1. The molecule has 0 heterocycles. The molecular weight excluding hydrogens is 328 g/mol. The van der Waals surface area contributed by atoms with Crippen LogP contribution in [0.3, 0.4) is 0 Å². The maximum atomic E-state index is 12.5. The van der Waals surface area contributed by atoms with Crippen LogP contribution in [0.5, 0.6) is 0 Å². The van der Waals surface area contributed by atoms with E-state index < -0.39 is 4.92 Å². The molecule has 0 atom stereocenters. The Morgan fingerprint density at radius 1 is 1.21 bits per heavy atom. The zero-order valence-electron chi connectivity index (χ0n) is 13.5. The molecule has 128 valence electrons. The number of benzene rings is 1. The largest absolute Gasteiger partial charge is 0.351 e. The van der Waals surface area contributed by atoms with Crippen LogP contribution in [0.25, 0.3) is 0 Å². The van der Waals surface area contributed by atoms with Crippen molar-refractivity contribution in [1.29, 1.82) is 0 Å². The van der Waals surface area contributed by atoms with E-state index in [1.807, 2.05) is 0 Å². The van der Waals surface area contributed by atoms with Gasteiger partial charge in [-0.2, -0.15) is 0 Å². The highest BCUT2D eigenvalue weighted by Crippen LogP contribution is 2.59. The zero-order chi connectivity index (χ0) is 16.9. The molecule has 5 nitrogen and oxygen atoms in total. The number of non-ortho nitro benzene ring substituents is 1. The number of nitrogens with one attached hydrogen (secondary N) is 1. The maximum Gasteiger partial charge on any atom is 0.270 e. The number of nitrogens with zero attached hydrogens (tertiary/aromatic N) is 1. The number of rotatable bonds is 4. The summed E-state index contributed by atoms with van der Waals surface area (Å²) in [7, 11) is 0. The minimum atomic E-state index is -0.508. The zero-order valence-corrected chi connectivity index (χ0v) is 14.2. The summed E-state index contributed by atoms with van der Waals surface area (Å²) in [6.45, 7) is 0.661. The number of nitro benzene ring substituents is 1. The Morgan fingerprint density at radius 2 is 1.79 bits per heavy atom. The number of nitro groups is 1. The second kappa shape index (κ2) is 5.73. The van der Waals surface area contributed by atoms with Gasteiger partial charge in [-0.3, -0.25) is 14.9 Å². The second-order valence-corrected chi connectivity index (χ2v) is 8.43. The van der Waals surface area contributed by atoms with Crippen molar-refractivity contribution in [1.82, 2.24) is 5.32 Å². The first-order valence-corrected chi connectivity index (χ1v) is 9.04. The van der Waals surface area contributed by atoms with Crippen LogP contribution in [0.4, 0.5) is 5.69 Å². The lowest BCUT2D eigenvalue weighted by Gasteiger charge is -2.56. The summed E-state index contributed by atoms with van der Waals surface area (Å²) in [5, 5.41) is 14.2. The standard InChI is InChI=1S/C18H21ClN2O3/c19-16-2-1-14(21(23)24)6-15(16)17(22)20-10-18-7-11-3-12(8-18)5-13(4-11)9-18/h1-2,6,11-13H,3-5,7-10H2,(H,20,22). The molecular formula is C18H21ClN2O3. The first-order valence-electron chi connectivity index (χ1n) is 8.66. The Kier molecular flexibility index (Phi) is 3.79. The van der Waals surface area contributed by atoms with Crippen LogP contribution in [0, 0.1) is 33.3 Å². The molecule has 1 amide bonds. The van der Waals surface area contributed by atoms with Gasteiger partial charge in [0.05, 0.1) is 15.5 Å². The molecule has 1 aromatic rings. The molecule has 0 radical (unpaired) electrons. The first kappa shape index (κ1) is 15.9. The van der Waals surface area contributed by atoms with E-state index in [0.29, 0.717) is 6.54 Å². The number of hydrogen-bond donors (Lipinski definition) is 1. The number of halogens is 1. The summed E-state index contributed by atoms with van der Waals surface area (Å²) in [4.78, 5) is 22.9. The average molecular weight is 349 g/mol. The monoisotopic (exact) mass is 348 g/mol. The Balaban J connectivity index is 1.47. The molecule has 0 unspecified atom stereocenters. The fraction of sp³-hybridized carbons (Fsp3) is 0.611. The van der Waals surface area contributed by atoms with Crippen LogP contribution < -0.4 is 5.32 Å². The van der Waals surface area contributed by atoms with E-state index in [9.17, 15) is 14.9 Å². The molecule has 0 aliphatic heterocycles. The molecule has 5 rings (SSSR count). The van der Waals surface area contributed by atoms with Crippen molar-refractivity contribution >= 4 is 23.2 Å². The summed E-state index contributed by atoms with van der Waals surface area (Å²) in [6.07, 6.45) is 7.73. The third-order valence-corrected chi connectivity index (χ3v) is 6.52. The van der Waals surface area contributed by atoms with E-state index in [0.717, 1.165) is 17.8 Å². The van der Waals surface area contributed by atoms with Crippen LogP contribution in [0.1, 0.15) is 48.9 Å². The summed E-state index contributed by atoms with van der Waals surface area (Å²) < 4.78 is 0. The molecule has 4 bridgehead atoms. The van der Waals surface area contributed by atoms with Gasteiger partial charge in [0.25, 0.3) is 11.6 Å². The van der Waals surface area contributed by atoms with E-state index in [2.05, 4.69) is 5.32 Å². The quantitative estimate of drug-likeness (QED) is 0.654. The highest BCUT2D eigenvalue weighted by atomic mass is 35.5. The predicted molar refractivity (Wildman–Crippen MR) is 91.0 cm³/mol. The molecule has 24 heavy (non-hydrogen) atoms. The van der Waals surface area contributed by atoms with Gasteiger partial charge in [-0.25, -0.2) is 0 Å². The third kappa shape index (κ3) is 2.79. The number of amides is 1. The molecule has 0 spiro atoms. The predicted octanol–water partition coefficient (Wildman–Crippen LogP) is 4.19. The van der Waals surface area contributed by atoms with E-state index >= 15 is 0 Å². The Morgan fingerprint density at radius 3 is 2.33 bits per heavy atom. The van der Waals surface area contributed by atoms with Gasteiger partial charge < -0.3 is 5.32 Å². The summed E-state index contributed by atoms with van der Waals surface area (Å²) in [6, 6.07) is 3.99. The lowest BCUT2D eigenvalue weighted by Crippen LogP contribution is -2.51. The van der Waals surface area contributed by atoms with Crippen LogP contribution in [0.2, 0.25) is 5.02 Å². The van der Waals surface area contributed by atoms with Gasteiger partial charge in [-0.1, -0.05) is 11.6 Å². The number of hydrogen-bond acceptors (Lipinski definition) is 3. The van der Waals surface area contributed by atoms with Crippen molar-refractivity contribution < 1.29 is 9.72 Å². The molecule has 1 N–H and O–H groups in total. The van der Waals surface area contributed by atoms with Crippen LogP contribution >= 0.6 is 11.6 Å². The van der Waals surface area contributed by atoms with Crippen molar-refractivity contribution in [3.8, 4) is 0 Å². The highest BCUT2D eigenvalue weighted by Gasteiger charge is 2.50. The topological polar surface area (TPSA) is 72.2 Å². The van der Waals surface area contributed by atoms with E-state index in [-0.39, 0.29) is 27.6 Å². The smallest absolute Gasteiger partial charge is 0.270 e. The Bertz CT molecular complexity index is 668. The van der Waals surface area contributed by atoms with E-state index in [1.54, 1.807) is 0 Å². The summed E-state index contributed by atoms with van der Waals surface area (Å²) >= 11 is 6.07. The van der Waals surface area contributed by atoms with Crippen LogP contribution in [-0.2, 0) is 0 Å². The molecule has 0 saturated heterocycles. The van der Waals surface area contributed by atoms with Gasteiger partial charge in [-0.15, -0.1) is 0 Å². The van der Waals surface area contributed by atoms with Crippen molar-refractivity contribution in [2.24, 2.45) is 23.2 Å². The van der Waals surface area contributed by atoms with Crippen LogP contribution in [0.15, 0.2) is 18.2 Å². The SMILES string of the molecule is O=C(NCC12CC3CC(CC(C3)C1)C2)c1cc([N+](=O)[O-])ccc1Cl. The maximum absolute atomic E-state index is 12.5. The summed E-state index contributed by atoms with van der Waals surface area (Å²) in [5.41, 5.74) is 0.312. The fourth-order valence-corrected chi connectivity index (χ4v) is 5.87. The number of carbonyl (C=O) groups excluding carboxylic acids is 1. The molecule has 6 heteroatoms. The molecule has 4 aliphatic carbocycles. The molecule has 4 fully saturated rings. The molecule has 1 aromatic carbocycles. The Hall–Kier alpha value is -1.62. The Labute approximate surface area is 145 Å².